The van der Waals surface area contributed by atoms with E-state index in [0.717, 1.165) is 17.3 Å². The fourth-order valence-electron chi connectivity index (χ4n) is 2.90. The second kappa shape index (κ2) is 9.88. The molecule has 0 aliphatic rings. The standard InChI is InChI=1S/C23H19N5O3S/c1-15-6-4-8-17(12-15)25-21(30)18-9-2-3-10-19(18)26-20(29)14-32-23-28-27-22(31-23)16-7-5-11-24-13-16/h2-13H,14H2,1H3,(H,25,30)(H,26,29). The van der Waals surface area contributed by atoms with Crippen LogP contribution < -0.4 is 10.6 Å². The first-order chi connectivity index (χ1) is 15.6. The Balaban J connectivity index is 1.38. The molecule has 9 heteroatoms. The Morgan fingerprint density at radius 1 is 1.00 bits per heavy atom. The van der Waals surface area contributed by atoms with Gasteiger partial charge in [0.1, 0.15) is 0 Å². The highest BCUT2D eigenvalue weighted by atomic mass is 32.2. The van der Waals surface area contributed by atoms with Gasteiger partial charge in [-0.15, -0.1) is 10.2 Å². The van der Waals surface area contributed by atoms with Gasteiger partial charge in [0.2, 0.25) is 11.8 Å². The monoisotopic (exact) mass is 445 g/mol. The van der Waals surface area contributed by atoms with E-state index in [-0.39, 0.29) is 22.8 Å². The Morgan fingerprint density at radius 2 is 1.88 bits per heavy atom. The maximum Gasteiger partial charge on any atom is 0.277 e. The molecule has 0 aliphatic carbocycles. The van der Waals surface area contributed by atoms with E-state index in [1.807, 2.05) is 31.2 Å². The van der Waals surface area contributed by atoms with Crippen LogP contribution in [0.5, 0.6) is 0 Å². The van der Waals surface area contributed by atoms with E-state index >= 15 is 0 Å². The van der Waals surface area contributed by atoms with Crippen LogP contribution in [0.1, 0.15) is 15.9 Å². The molecule has 0 aliphatic heterocycles. The summed E-state index contributed by atoms with van der Waals surface area (Å²) in [6.07, 6.45) is 3.27. The lowest BCUT2D eigenvalue weighted by Gasteiger charge is -2.11. The Labute approximate surface area is 188 Å². The molecule has 2 amide bonds. The number of aryl methyl sites for hydroxylation is 1. The summed E-state index contributed by atoms with van der Waals surface area (Å²) in [5, 5.41) is 13.8. The Morgan fingerprint density at radius 3 is 2.69 bits per heavy atom. The Hall–Kier alpha value is -3.98. The van der Waals surface area contributed by atoms with Crippen LogP contribution in [0.2, 0.25) is 0 Å². The van der Waals surface area contributed by atoms with Crippen LogP contribution in [0.4, 0.5) is 11.4 Å². The van der Waals surface area contributed by atoms with Crippen molar-refractivity contribution in [1.82, 2.24) is 15.2 Å². The molecule has 0 unspecified atom stereocenters. The van der Waals surface area contributed by atoms with Gasteiger partial charge >= 0.3 is 0 Å². The molecule has 0 fully saturated rings. The number of hydrogen-bond acceptors (Lipinski definition) is 7. The minimum atomic E-state index is -0.308. The van der Waals surface area contributed by atoms with E-state index in [1.165, 1.54) is 0 Å². The summed E-state index contributed by atoms with van der Waals surface area (Å²) in [7, 11) is 0. The molecular weight excluding hydrogens is 426 g/mol. The summed E-state index contributed by atoms with van der Waals surface area (Å²) in [6.45, 7) is 1.95. The molecule has 2 N–H and O–H groups in total. The van der Waals surface area contributed by atoms with Crippen molar-refractivity contribution < 1.29 is 14.0 Å². The molecule has 4 rings (SSSR count). The lowest BCUT2D eigenvalue weighted by atomic mass is 10.1. The second-order valence-electron chi connectivity index (χ2n) is 6.82. The first-order valence-corrected chi connectivity index (χ1v) is 10.7. The summed E-state index contributed by atoms with van der Waals surface area (Å²) in [4.78, 5) is 29.2. The number of nitrogens with one attached hydrogen (secondary N) is 2. The van der Waals surface area contributed by atoms with Crippen molar-refractivity contribution in [2.45, 2.75) is 12.1 Å². The fraction of sp³-hybridized carbons (Fsp3) is 0.0870. The van der Waals surface area contributed by atoms with E-state index in [1.54, 1.807) is 48.8 Å². The molecule has 160 valence electrons. The molecule has 8 nitrogen and oxygen atoms in total. The predicted octanol–water partition coefficient (Wildman–Crippen LogP) is 4.42. The maximum absolute atomic E-state index is 12.7. The van der Waals surface area contributed by atoms with Crippen molar-refractivity contribution in [1.29, 1.82) is 0 Å². The van der Waals surface area contributed by atoms with Crippen LogP contribution in [0, 0.1) is 6.92 Å². The number of hydrogen-bond donors (Lipinski definition) is 2. The van der Waals surface area contributed by atoms with Crippen molar-refractivity contribution in [3.63, 3.8) is 0 Å². The molecule has 0 saturated carbocycles. The van der Waals surface area contributed by atoms with Gasteiger partial charge in [-0.25, -0.2) is 0 Å². The average molecular weight is 446 g/mol. The summed E-state index contributed by atoms with van der Waals surface area (Å²) >= 11 is 1.11. The number of anilines is 2. The first kappa shape index (κ1) is 21.3. The minimum absolute atomic E-state index is 0.0442. The second-order valence-corrected chi connectivity index (χ2v) is 7.75. The van der Waals surface area contributed by atoms with Gasteiger partial charge in [-0.3, -0.25) is 14.6 Å². The number of rotatable bonds is 7. The zero-order valence-electron chi connectivity index (χ0n) is 17.1. The van der Waals surface area contributed by atoms with Gasteiger partial charge in [0.25, 0.3) is 11.1 Å². The van der Waals surface area contributed by atoms with E-state index in [4.69, 9.17) is 4.42 Å². The van der Waals surface area contributed by atoms with Gasteiger partial charge in [-0.1, -0.05) is 36.0 Å². The number of pyridine rings is 1. The zero-order chi connectivity index (χ0) is 22.3. The number of aromatic nitrogens is 3. The number of benzene rings is 2. The molecule has 0 atom stereocenters. The molecule has 32 heavy (non-hydrogen) atoms. The summed E-state index contributed by atoms with van der Waals surface area (Å²) in [5.74, 6) is -0.231. The molecular formula is C23H19N5O3S. The largest absolute Gasteiger partial charge is 0.411 e. The van der Waals surface area contributed by atoms with Crippen LogP contribution in [-0.2, 0) is 4.79 Å². The van der Waals surface area contributed by atoms with Crippen LogP contribution in [0.3, 0.4) is 0 Å². The molecule has 4 aromatic rings. The van der Waals surface area contributed by atoms with Crippen molar-refractivity contribution in [2.24, 2.45) is 0 Å². The molecule has 0 bridgehead atoms. The van der Waals surface area contributed by atoms with E-state index in [9.17, 15) is 9.59 Å². The summed E-state index contributed by atoms with van der Waals surface area (Å²) in [6, 6.07) is 17.9. The molecule has 0 spiro atoms. The van der Waals surface area contributed by atoms with Gasteiger partial charge < -0.3 is 15.1 Å². The van der Waals surface area contributed by atoms with E-state index in [0.29, 0.717) is 28.4 Å². The van der Waals surface area contributed by atoms with E-state index < -0.39 is 0 Å². The lowest BCUT2D eigenvalue weighted by Crippen LogP contribution is -2.19. The summed E-state index contributed by atoms with van der Waals surface area (Å²) in [5.41, 5.74) is 3.21. The lowest BCUT2D eigenvalue weighted by molar-refractivity contribution is -0.113. The van der Waals surface area contributed by atoms with Crippen molar-refractivity contribution in [3.8, 4) is 11.5 Å². The zero-order valence-corrected chi connectivity index (χ0v) is 17.9. The summed E-state index contributed by atoms with van der Waals surface area (Å²) < 4.78 is 5.56. The van der Waals surface area contributed by atoms with Crippen molar-refractivity contribution >= 4 is 35.0 Å². The Kier molecular flexibility index (Phi) is 6.57. The third-order valence-corrected chi connectivity index (χ3v) is 5.18. The molecule has 0 radical (unpaired) electrons. The van der Waals surface area contributed by atoms with Crippen LogP contribution >= 0.6 is 11.8 Å². The topological polar surface area (TPSA) is 110 Å². The predicted molar refractivity (Wildman–Crippen MR) is 122 cm³/mol. The quantitative estimate of drug-likeness (QED) is 0.405. The number of nitrogens with zero attached hydrogens (tertiary/aromatic N) is 3. The smallest absolute Gasteiger partial charge is 0.277 e. The van der Waals surface area contributed by atoms with Gasteiger partial charge in [0.05, 0.1) is 22.6 Å². The average Bonchev–Trinajstić information content (AvgIpc) is 3.28. The normalized spacial score (nSPS) is 10.5. The Bertz CT molecular complexity index is 1240. The molecule has 2 heterocycles. The van der Waals surface area contributed by atoms with Crippen LogP contribution in [0.25, 0.3) is 11.5 Å². The maximum atomic E-state index is 12.7. The fourth-order valence-corrected chi connectivity index (χ4v) is 3.46. The number of thioether (sulfide) groups is 1. The third-order valence-electron chi connectivity index (χ3n) is 4.36. The molecule has 2 aromatic heterocycles. The van der Waals surface area contributed by atoms with E-state index in [2.05, 4.69) is 25.8 Å². The highest BCUT2D eigenvalue weighted by Crippen LogP contribution is 2.23. The highest BCUT2D eigenvalue weighted by molar-refractivity contribution is 7.99. The third kappa shape index (κ3) is 5.38. The van der Waals surface area contributed by atoms with Gasteiger partial charge in [0, 0.05) is 18.1 Å². The molecule has 0 saturated heterocycles. The van der Waals surface area contributed by atoms with Crippen LogP contribution in [0.15, 0.2) is 82.7 Å². The van der Waals surface area contributed by atoms with Gasteiger partial charge in [-0.05, 0) is 48.9 Å². The minimum Gasteiger partial charge on any atom is -0.411 e. The number of amides is 2. The molecule has 2 aromatic carbocycles. The van der Waals surface area contributed by atoms with Crippen LogP contribution in [-0.4, -0.2) is 32.7 Å². The first-order valence-electron chi connectivity index (χ1n) is 9.72. The van der Waals surface area contributed by atoms with Crippen molar-refractivity contribution in [3.05, 3.63) is 84.2 Å². The van der Waals surface area contributed by atoms with Crippen molar-refractivity contribution in [2.75, 3.05) is 16.4 Å². The number of carbonyl (C=O) groups is 2. The van der Waals surface area contributed by atoms with Gasteiger partial charge in [0.15, 0.2) is 0 Å². The number of para-hydroxylation sites is 1. The van der Waals surface area contributed by atoms with Gasteiger partial charge in [-0.2, -0.15) is 0 Å². The highest BCUT2D eigenvalue weighted by Gasteiger charge is 2.15. The number of carbonyl (C=O) groups excluding carboxylic acids is 2. The SMILES string of the molecule is Cc1cccc(NC(=O)c2ccccc2NC(=O)CSc2nnc(-c3cccnc3)o2)c1.